The van der Waals surface area contributed by atoms with Gasteiger partial charge in [0.15, 0.2) is 11.5 Å². The molecule has 1 aromatic rings. The van der Waals surface area contributed by atoms with Gasteiger partial charge in [-0.1, -0.05) is 0 Å². The predicted molar refractivity (Wildman–Crippen MR) is 52.3 cm³/mol. The lowest BCUT2D eigenvalue weighted by atomic mass is 10.2. The summed E-state index contributed by atoms with van der Waals surface area (Å²) in [4.78, 5) is 12.8. The number of phenols is 2. The molecule has 15 heavy (non-hydrogen) atoms. The molecule has 1 rings (SSSR count). The van der Waals surface area contributed by atoms with Gasteiger partial charge in [0.2, 0.25) is 0 Å². The lowest BCUT2D eigenvalue weighted by molar-refractivity contribution is 0.0811. The van der Waals surface area contributed by atoms with Crippen molar-refractivity contribution in [2.75, 3.05) is 13.6 Å². The van der Waals surface area contributed by atoms with Crippen molar-refractivity contribution >= 4 is 5.91 Å². The smallest absolute Gasteiger partial charge is 0.254 e. The topological polar surface area (TPSA) is 84.6 Å². The molecule has 5 heteroatoms. The van der Waals surface area contributed by atoms with Gasteiger partial charge in [0.25, 0.3) is 5.91 Å². The molecule has 0 saturated heterocycles. The summed E-state index contributed by atoms with van der Waals surface area (Å²) in [5.74, 6) is -1.02. The van der Waals surface area contributed by atoms with Crippen molar-refractivity contribution in [3.8, 4) is 17.6 Å². The number of hydrogen-bond donors (Lipinski definition) is 2. The monoisotopic (exact) mass is 206 g/mol. The summed E-state index contributed by atoms with van der Waals surface area (Å²) in [6.07, 6.45) is 0. The summed E-state index contributed by atoms with van der Waals surface area (Å²) in [5.41, 5.74) is 0.225. The SMILES string of the molecule is CN(CC#N)C(=O)c1ccc(O)c(O)c1. The molecule has 2 N–H and O–H groups in total. The fraction of sp³-hybridized carbons (Fsp3) is 0.200. The van der Waals surface area contributed by atoms with E-state index in [1.807, 2.05) is 6.07 Å². The standard InChI is InChI=1S/C10H10N2O3/c1-12(5-4-11)10(15)7-2-3-8(13)9(14)6-7/h2-3,6,13-14H,5H2,1H3. The first-order valence-electron chi connectivity index (χ1n) is 4.20. The highest BCUT2D eigenvalue weighted by Gasteiger charge is 2.12. The third-order valence-electron chi connectivity index (χ3n) is 1.88. The number of phenolic OH excluding ortho intramolecular Hbond substituents is 2. The average molecular weight is 206 g/mol. The van der Waals surface area contributed by atoms with Crippen LogP contribution in [0.15, 0.2) is 18.2 Å². The van der Waals surface area contributed by atoms with Gasteiger partial charge in [0.1, 0.15) is 6.54 Å². The number of hydrogen-bond acceptors (Lipinski definition) is 4. The highest BCUT2D eigenvalue weighted by Crippen LogP contribution is 2.25. The Labute approximate surface area is 86.8 Å². The molecule has 0 aromatic heterocycles. The van der Waals surface area contributed by atoms with E-state index < -0.39 is 0 Å². The molecule has 0 spiro atoms. The van der Waals surface area contributed by atoms with Crippen LogP contribution >= 0.6 is 0 Å². The van der Waals surface area contributed by atoms with E-state index in [2.05, 4.69) is 0 Å². The molecule has 0 heterocycles. The van der Waals surface area contributed by atoms with Crippen LogP contribution in [0.3, 0.4) is 0 Å². The van der Waals surface area contributed by atoms with Crippen LogP contribution in [-0.2, 0) is 0 Å². The average Bonchev–Trinajstić information content (AvgIpc) is 2.21. The highest BCUT2D eigenvalue weighted by molar-refractivity contribution is 5.94. The second kappa shape index (κ2) is 4.33. The van der Waals surface area contributed by atoms with Gasteiger partial charge in [-0.3, -0.25) is 4.79 Å². The highest BCUT2D eigenvalue weighted by atomic mass is 16.3. The normalized spacial score (nSPS) is 9.33. The Balaban J connectivity index is 2.93. The third kappa shape index (κ3) is 2.38. The molecule has 0 aliphatic rings. The van der Waals surface area contributed by atoms with Crippen LogP contribution < -0.4 is 0 Å². The van der Waals surface area contributed by atoms with Crippen molar-refractivity contribution < 1.29 is 15.0 Å². The molecule has 0 aliphatic carbocycles. The summed E-state index contributed by atoms with van der Waals surface area (Å²) < 4.78 is 0. The van der Waals surface area contributed by atoms with Crippen molar-refractivity contribution in [1.82, 2.24) is 4.90 Å². The van der Waals surface area contributed by atoms with Gasteiger partial charge in [-0.15, -0.1) is 0 Å². The van der Waals surface area contributed by atoms with Crippen LogP contribution in [0.5, 0.6) is 11.5 Å². The van der Waals surface area contributed by atoms with E-state index in [1.54, 1.807) is 0 Å². The van der Waals surface area contributed by atoms with Gasteiger partial charge in [0, 0.05) is 12.6 Å². The quantitative estimate of drug-likeness (QED) is 0.550. The Morgan fingerprint density at radius 1 is 1.47 bits per heavy atom. The minimum absolute atomic E-state index is 0.0273. The lowest BCUT2D eigenvalue weighted by Crippen LogP contribution is -2.26. The third-order valence-corrected chi connectivity index (χ3v) is 1.88. The van der Waals surface area contributed by atoms with Gasteiger partial charge in [-0.05, 0) is 18.2 Å². The second-order valence-corrected chi connectivity index (χ2v) is 3.02. The first-order valence-corrected chi connectivity index (χ1v) is 4.20. The molecule has 0 saturated carbocycles. The Morgan fingerprint density at radius 3 is 2.67 bits per heavy atom. The summed E-state index contributed by atoms with van der Waals surface area (Å²) in [5, 5.41) is 26.6. The van der Waals surface area contributed by atoms with Crippen molar-refractivity contribution in [2.24, 2.45) is 0 Å². The van der Waals surface area contributed by atoms with Crippen molar-refractivity contribution in [2.45, 2.75) is 0 Å². The van der Waals surface area contributed by atoms with E-state index in [0.717, 1.165) is 6.07 Å². The maximum atomic E-state index is 11.6. The molecule has 1 aromatic carbocycles. The number of nitrogens with zero attached hydrogens (tertiary/aromatic N) is 2. The van der Waals surface area contributed by atoms with Gasteiger partial charge in [0.05, 0.1) is 6.07 Å². The number of benzene rings is 1. The van der Waals surface area contributed by atoms with Gasteiger partial charge >= 0.3 is 0 Å². The molecule has 0 unspecified atom stereocenters. The first-order chi connectivity index (χ1) is 7.06. The molecular weight excluding hydrogens is 196 g/mol. The van der Waals surface area contributed by atoms with Gasteiger partial charge in [-0.2, -0.15) is 5.26 Å². The van der Waals surface area contributed by atoms with Gasteiger partial charge < -0.3 is 15.1 Å². The van der Waals surface area contributed by atoms with Crippen molar-refractivity contribution in [3.63, 3.8) is 0 Å². The Morgan fingerprint density at radius 2 is 2.13 bits per heavy atom. The van der Waals surface area contributed by atoms with Crippen LogP contribution in [-0.4, -0.2) is 34.6 Å². The maximum Gasteiger partial charge on any atom is 0.254 e. The number of amides is 1. The zero-order valence-corrected chi connectivity index (χ0v) is 8.14. The maximum absolute atomic E-state index is 11.6. The lowest BCUT2D eigenvalue weighted by Gasteiger charge is -2.13. The van der Waals surface area contributed by atoms with E-state index in [-0.39, 0.29) is 29.5 Å². The largest absolute Gasteiger partial charge is 0.504 e. The Hall–Kier alpha value is -2.22. The molecular formula is C10H10N2O3. The molecule has 5 nitrogen and oxygen atoms in total. The minimum atomic E-state index is -0.383. The second-order valence-electron chi connectivity index (χ2n) is 3.02. The molecule has 0 fully saturated rings. The summed E-state index contributed by atoms with van der Waals surface area (Å²) in [6.45, 7) is -0.0273. The molecule has 0 atom stereocenters. The number of carbonyl (C=O) groups excluding carboxylic acids is 1. The number of carbonyl (C=O) groups is 1. The fourth-order valence-corrected chi connectivity index (χ4v) is 1.05. The van der Waals surface area contributed by atoms with Crippen molar-refractivity contribution in [1.29, 1.82) is 5.26 Å². The van der Waals surface area contributed by atoms with Gasteiger partial charge in [-0.25, -0.2) is 0 Å². The molecule has 1 amide bonds. The van der Waals surface area contributed by atoms with E-state index in [4.69, 9.17) is 10.4 Å². The van der Waals surface area contributed by atoms with E-state index in [9.17, 15) is 9.90 Å². The molecule has 0 aliphatic heterocycles. The van der Waals surface area contributed by atoms with Crippen molar-refractivity contribution in [3.05, 3.63) is 23.8 Å². The Kier molecular flexibility index (Phi) is 3.13. The number of aromatic hydroxyl groups is 2. The fourth-order valence-electron chi connectivity index (χ4n) is 1.05. The van der Waals surface area contributed by atoms with Crippen LogP contribution in [0.2, 0.25) is 0 Å². The minimum Gasteiger partial charge on any atom is -0.504 e. The van der Waals surface area contributed by atoms with E-state index in [1.165, 1.54) is 24.1 Å². The predicted octanol–water partition coefficient (Wildman–Crippen LogP) is 0.693. The molecule has 0 bridgehead atoms. The zero-order valence-electron chi connectivity index (χ0n) is 8.14. The molecule has 0 radical (unpaired) electrons. The number of nitriles is 1. The summed E-state index contributed by atoms with van der Waals surface area (Å²) in [6, 6.07) is 5.60. The van der Waals surface area contributed by atoms with E-state index >= 15 is 0 Å². The van der Waals surface area contributed by atoms with Crippen LogP contribution in [0.1, 0.15) is 10.4 Å². The Bertz CT molecular complexity index is 423. The number of rotatable bonds is 2. The summed E-state index contributed by atoms with van der Waals surface area (Å²) in [7, 11) is 1.48. The first kappa shape index (κ1) is 10.9. The molecule has 78 valence electrons. The van der Waals surface area contributed by atoms with Crippen LogP contribution in [0, 0.1) is 11.3 Å². The van der Waals surface area contributed by atoms with E-state index in [0.29, 0.717) is 0 Å². The van der Waals surface area contributed by atoms with Crippen LogP contribution in [0.25, 0.3) is 0 Å². The summed E-state index contributed by atoms with van der Waals surface area (Å²) >= 11 is 0. The van der Waals surface area contributed by atoms with Crippen LogP contribution in [0.4, 0.5) is 0 Å². The zero-order chi connectivity index (χ0) is 11.4.